The second-order valence-corrected chi connectivity index (χ2v) is 10.2. The van der Waals surface area contributed by atoms with Gasteiger partial charge in [-0.25, -0.2) is 4.79 Å². The van der Waals surface area contributed by atoms with Gasteiger partial charge in [0.05, 0.1) is 6.04 Å². The van der Waals surface area contributed by atoms with Gasteiger partial charge in [-0.1, -0.05) is 62.2 Å². The number of benzene rings is 2. The molecule has 4 rings (SSSR count). The summed E-state index contributed by atoms with van der Waals surface area (Å²) >= 11 is 12.5. The Balaban J connectivity index is 2.00. The van der Waals surface area contributed by atoms with E-state index in [0.717, 1.165) is 5.56 Å². The zero-order chi connectivity index (χ0) is 21.8. The Morgan fingerprint density at radius 1 is 1.20 bits per heavy atom. The smallest absolute Gasteiger partial charge is 0.407 e. The van der Waals surface area contributed by atoms with Gasteiger partial charge < -0.3 is 10.4 Å². The van der Waals surface area contributed by atoms with Gasteiger partial charge in [0.1, 0.15) is 5.41 Å². The van der Waals surface area contributed by atoms with Crippen molar-refractivity contribution in [2.75, 3.05) is 11.9 Å². The van der Waals surface area contributed by atoms with Crippen LogP contribution in [0, 0.1) is 11.3 Å². The number of amides is 2. The van der Waals surface area contributed by atoms with E-state index in [0.29, 0.717) is 27.7 Å². The second kappa shape index (κ2) is 7.17. The van der Waals surface area contributed by atoms with Crippen molar-refractivity contribution in [2.45, 2.75) is 38.6 Å². The zero-order valence-corrected chi connectivity index (χ0v) is 18.6. The summed E-state index contributed by atoms with van der Waals surface area (Å²) < 4.78 is 0. The fraction of sp³-hybridized carbons (Fsp3) is 0.391. The summed E-state index contributed by atoms with van der Waals surface area (Å²) in [5, 5.41) is 14.1. The summed E-state index contributed by atoms with van der Waals surface area (Å²) in [6, 6.07) is 11.8. The molecule has 1 spiro atoms. The van der Waals surface area contributed by atoms with Crippen molar-refractivity contribution in [1.29, 1.82) is 0 Å². The molecule has 2 aromatic carbocycles. The van der Waals surface area contributed by atoms with Gasteiger partial charge in [-0.2, -0.15) is 0 Å². The molecular formula is C23H24Cl2N2O3. The first-order valence-corrected chi connectivity index (χ1v) is 10.7. The van der Waals surface area contributed by atoms with Crippen LogP contribution in [-0.4, -0.2) is 28.6 Å². The van der Waals surface area contributed by atoms with Crippen LogP contribution in [0.5, 0.6) is 0 Å². The molecule has 2 aliphatic heterocycles. The molecule has 0 aliphatic carbocycles. The Morgan fingerprint density at radius 2 is 1.90 bits per heavy atom. The lowest BCUT2D eigenvalue weighted by molar-refractivity contribution is -0.123. The predicted molar refractivity (Wildman–Crippen MR) is 118 cm³/mol. The van der Waals surface area contributed by atoms with Gasteiger partial charge in [-0.3, -0.25) is 9.69 Å². The van der Waals surface area contributed by atoms with Crippen molar-refractivity contribution < 1.29 is 14.7 Å². The molecule has 2 amide bonds. The summed E-state index contributed by atoms with van der Waals surface area (Å²) in [4.78, 5) is 27.4. The van der Waals surface area contributed by atoms with Crippen molar-refractivity contribution in [1.82, 2.24) is 4.90 Å². The lowest BCUT2D eigenvalue weighted by Gasteiger charge is -2.37. The number of halogens is 2. The van der Waals surface area contributed by atoms with E-state index >= 15 is 0 Å². The number of hydrogen-bond donors (Lipinski definition) is 2. The second-order valence-electron chi connectivity index (χ2n) is 9.37. The molecule has 0 bridgehead atoms. The van der Waals surface area contributed by atoms with Crippen molar-refractivity contribution in [3.63, 3.8) is 0 Å². The lowest BCUT2D eigenvalue weighted by Crippen LogP contribution is -2.46. The van der Waals surface area contributed by atoms with E-state index in [-0.39, 0.29) is 23.8 Å². The monoisotopic (exact) mass is 446 g/mol. The molecule has 0 aromatic heterocycles. The molecule has 5 nitrogen and oxygen atoms in total. The maximum atomic E-state index is 13.7. The number of carbonyl (C=O) groups is 2. The van der Waals surface area contributed by atoms with Crippen LogP contribution in [0.25, 0.3) is 0 Å². The number of anilines is 1. The summed E-state index contributed by atoms with van der Waals surface area (Å²) in [5.41, 5.74) is 0.987. The van der Waals surface area contributed by atoms with Crippen LogP contribution in [0.4, 0.5) is 10.5 Å². The highest BCUT2D eigenvalue weighted by molar-refractivity contribution is 6.31. The highest BCUT2D eigenvalue weighted by atomic mass is 35.5. The van der Waals surface area contributed by atoms with E-state index in [1.807, 2.05) is 12.1 Å². The molecule has 1 fully saturated rings. The molecule has 158 valence electrons. The number of fused-ring (bicyclic) bond motifs is 2. The topological polar surface area (TPSA) is 69.6 Å². The number of likely N-dealkylation sites (tertiary alicyclic amines) is 1. The zero-order valence-electron chi connectivity index (χ0n) is 17.1. The minimum atomic E-state index is -1.06. The van der Waals surface area contributed by atoms with E-state index in [4.69, 9.17) is 23.2 Å². The SMILES string of the molecule is CC(C)(C)CC1CN(C(=O)O)C(c2cccc(Cl)c2)C12C(=O)Nc1cc(Cl)ccc12. The Labute approximate surface area is 186 Å². The normalized spacial score (nSPS) is 25.5. The minimum Gasteiger partial charge on any atom is -0.465 e. The number of rotatable bonds is 2. The van der Waals surface area contributed by atoms with Gasteiger partial charge in [0, 0.05) is 22.3 Å². The Bertz CT molecular complexity index is 1030. The Morgan fingerprint density at radius 3 is 2.53 bits per heavy atom. The maximum absolute atomic E-state index is 13.7. The number of hydrogen-bond acceptors (Lipinski definition) is 2. The van der Waals surface area contributed by atoms with Crippen molar-refractivity contribution in [3.8, 4) is 0 Å². The van der Waals surface area contributed by atoms with Crippen LogP contribution >= 0.6 is 23.2 Å². The number of nitrogens with zero attached hydrogens (tertiary/aromatic N) is 1. The quantitative estimate of drug-likeness (QED) is 0.596. The third-order valence-electron chi connectivity index (χ3n) is 6.12. The van der Waals surface area contributed by atoms with Gasteiger partial charge in [-0.15, -0.1) is 0 Å². The molecule has 2 aliphatic rings. The van der Waals surface area contributed by atoms with Crippen LogP contribution in [0.15, 0.2) is 42.5 Å². The molecule has 2 heterocycles. The molecule has 7 heteroatoms. The van der Waals surface area contributed by atoms with E-state index in [1.54, 1.807) is 30.3 Å². The van der Waals surface area contributed by atoms with Crippen LogP contribution in [0.3, 0.4) is 0 Å². The van der Waals surface area contributed by atoms with Gasteiger partial charge in [-0.05, 0) is 53.1 Å². The van der Waals surface area contributed by atoms with E-state index in [2.05, 4.69) is 26.1 Å². The van der Waals surface area contributed by atoms with E-state index in [1.165, 1.54) is 4.90 Å². The first-order valence-electron chi connectivity index (χ1n) is 9.90. The minimum absolute atomic E-state index is 0.0967. The standard InChI is InChI=1S/C23H24Cl2N2O3/c1-22(2,3)11-14-12-27(21(29)30)19(13-5-4-6-15(24)9-13)23(14)17-8-7-16(25)10-18(17)26-20(23)28/h4-10,14,19H,11-12H2,1-3H3,(H,26,28)(H,29,30). The number of carboxylic acid groups (broad SMARTS) is 1. The molecular weight excluding hydrogens is 423 g/mol. The molecule has 0 saturated carbocycles. The molecule has 2 N–H and O–H groups in total. The van der Waals surface area contributed by atoms with Crippen molar-refractivity contribution in [2.24, 2.45) is 11.3 Å². The average Bonchev–Trinajstić information content (AvgIpc) is 3.10. The van der Waals surface area contributed by atoms with Gasteiger partial charge in [0.2, 0.25) is 5.91 Å². The largest absolute Gasteiger partial charge is 0.465 e. The summed E-state index contributed by atoms with van der Waals surface area (Å²) in [6.07, 6.45) is -0.366. The summed E-state index contributed by atoms with van der Waals surface area (Å²) in [7, 11) is 0. The third-order valence-corrected chi connectivity index (χ3v) is 6.59. The van der Waals surface area contributed by atoms with Crippen LogP contribution in [0.2, 0.25) is 10.0 Å². The molecule has 3 unspecified atom stereocenters. The lowest BCUT2D eigenvalue weighted by atomic mass is 9.63. The molecule has 2 aromatic rings. The van der Waals surface area contributed by atoms with E-state index in [9.17, 15) is 14.7 Å². The van der Waals surface area contributed by atoms with Gasteiger partial charge >= 0.3 is 6.09 Å². The molecule has 1 saturated heterocycles. The first-order chi connectivity index (χ1) is 14.0. The fourth-order valence-corrected chi connectivity index (χ4v) is 5.60. The maximum Gasteiger partial charge on any atom is 0.407 e. The van der Waals surface area contributed by atoms with Crippen LogP contribution in [0.1, 0.15) is 44.4 Å². The number of carbonyl (C=O) groups excluding carboxylic acids is 1. The summed E-state index contributed by atoms with van der Waals surface area (Å²) in [5.74, 6) is -0.400. The van der Waals surface area contributed by atoms with E-state index < -0.39 is 17.6 Å². The van der Waals surface area contributed by atoms with Gasteiger partial charge in [0.25, 0.3) is 0 Å². The van der Waals surface area contributed by atoms with Crippen molar-refractivity contribution in [3.05, 3.63) is 63.6 Å². The Hall–Kier alpha value is -2.24. The average molecular weight is 447 g/mol. The molecule has 30 heavy (non-hydrogen) atoms. The highest BCUT2D eigenvalue weighted by Crippen LogP contribution is 2.59. The van der Waals surface area contributed by atoms with Crippen LogP contribution in [-0.2, 0) is 10.2 Å². The van der Waals surface area contributed by atoms with Crippen LogP contribution < -0.4 is 5.32 Å². The third kappa shape index (κ3) is 3.25. The highest BCUT2D eigenvalue weighted by Gasteiger charge is 2.65. The first kappa shape index (κ1) is 21.0. The predicted octanol–water partition coefficient (Wildman–Crippen LogP) is 5.97. The van der Waals surface area contributed by atoms with Gasteiger partial charge in [0.15, 0.2) is 0 Å². The number of nitrogens with one attached hydrogen (secondary N) is 1. The van der Waals surface area contributed by atoms with Crippen molar-refractivity contribution >= 4 is 40.9 Å². The summed E-state index contributed by atoms with van der Waals surface area (Å²) in [6.45, 7) is 6.58. The Kier molecular flexibility index (Phi) is 5.02. The molecule has 3 atom stereocenters. The fourth-order valence-electron chi connectivity index (χ4n) is 5.23. The molecule has 0 radical (unpaired) electrons.